The van der Waals surface area contributed by atoms with Crippen molar-refractivity contribution in [3.05, 3.63) is 54.1 Å². The number of rotatable bonds is 5. The van der Waals surface area contributed by atoms with Crippen LogP contribution in [-0.4, -0.2) is 51.8 Å². The van der Waals surface area contributed by atoms with Crippen molar-refractivity contribution in [3.63, 3.8) is 0 Å². The molecule has 0 unspecified atom stereocenters. The van der Waals surface area contributed by atoms with Crippen LogP contribution in [0.15, 0.2) is 42.7 Å². The van der Waals surface area contributed by atoms with Gasteiger partial charge in [-0.2, -0.15) is 5.10 Å². The van der Waals surface area contributed by atoms with Crippen LogP contribution in [0.25, 0.3) is 11.3 Å². The molecule has 0 aliphatic carbocycles. The van der Waals surface area contributed by atoms with Crippen molar-refractivity contribution in [2.45, 2.75) is 18.9 Å². The predicted molar refractivity (Wildman–Crippen MR) is 106 cm³/mol. The average molecular weight is 451 g/mol. The Morgan fingerprint density at radius 2 is 2.09 bits per heavy atom. The lowest BCUT2D eigenvalue weighted by Gasteiger charge is -2.20. The third-order valence-electron chi connectivity index (χ3n) is 4.80. The third-order valence-corrected chi connectivity index (χ3v) is 4.80. The first kappa shape index (κ1) is 21.6. The molecule has 1 aliphatic rings. The minimum Gasteiger partial charge on any atom is -0.403 e. The van der Waals surface area contributed by atoms with Crippen LogP contribution in [0.1, 0.15) is 16.8 Å². The van der Waals surface area contributed by atoms with Gasteiger partial charge >= 0.3 is 6.36 Å². The minimum absolute atomic E-state index is 0.0585. The van der Waals surface area contributed by atoms with Gasteiger partial charge in [0, 0.05) is 42.8 Å². The van der Waals surface area contributed by atoms with Crippen molar-refractivity contribution < 1.29 is 32.2 Å². The molecule has 1 fully saturated rings. The molecule has 2 aromatic heterocycles. The first-order valence-electron chi connectivity index (χ1n) is 9.49. The van der Waals surface area contributed by atoms with Gasteiger partial charge in [-0.15, -0.1) is 13.2 Å². The predicted octanol–water partition coefficient (Wildman–Crippen LogP) is 3.33. The second-order valence-corrected chi connectivity index (χ2v) is 7.10. The molecule has 3 heterocycles. The van der Waals surface area contributed by atoms with Crippen LogP contribution in [0.4, 0.5) is 29.1 Å². The Bertz CT molecular complexity index is 1120. The van der Waals surface area contributed by atoms with Gasteiger partial charge in [0.05, 0.1) is 17.4 Å². The number of anilines is 2. The fourth-order valence-electron chi connectivity index (χ4n) is 3.36. The summed E-state index contributed by atoms with van der Waals surface area (Å²) in [5.74, 6) is -2.37. The van der Waals surface area contributed by atoms with E-state index in [1.54, 1.807) is 12.1 Å². The number of carbonyl (C=O) groups excluding carboxylic acids is 1. The highest BCUT2D eigenvalue weighted by Gasteiger charge is 2.32. The first-order valence-corrected chi connectivity index (χ1v) is 9.49. The van der Waals surface area contributed by atoms with E-state index in [2.05, 4.69) is 25.2 Å². The molecule has 1 aromatic carbocycles. The van der Waals surface area contributed by atoms with E-state index in [0.29, 0.717) is 36.6 Å². The summed E-state index contributed by atoms with van der Waals surface area (Å²) in [7, 11) is 0. The Hall–Kier alpha value is -3.67. The molecule has 1 atom stereocenters. The zero-order valence-corrected chi connectivity index (χ0v) is 16.4. The molecular weight excluding hydrogens is 434 g/mol. The number of pyridine rings is 1. The SMILES string of the molecule is O=C(Nc1ccc(OC(F)(F)F)c(F)c1)c1cnc(N2CC[C@@H](O)C2)c(-c2ccn[nH]2)c1. The van der Waals surface area contributed by atoms with Crippen LogP contribution in [0.5, 0.6) is 5.75 Å². The van der Waals surface area contributed by atoms with Crippen molar-refractivity contribution in [1.29, 1.82) is 0 Å². The van der Waals surface area contributed by atoms with Gasteiger partial charge in [-0.05, 0) is 30.7 Å². The summed E-state index contributed by atoms with van der Waals surface area (Å²) < 4.78 is 54.3. The number of aliphatic hydroxyl groups excluding tert-OH is 1. The maximum Gasteiger partial charge on any atom is 0.573 e. The lowest BCUT2D eigenvalue weighted by atomic mass is 10.1. The molecule has 1 amide bonds. The van der Waals surface area contributed by atoms with E-state index in [0.717, 1.165) is 18.2 Å². The number of amides is 1. The van der Waals surface area contributed by atoms with Gasteiger partial charge in [0.1, 0.15) is 5.82 Å². The van der Waals surface area contributed by atoms with Gasteiger partial charge in [0.15, 0.2) is 11.6 Å². The monoisotopic (exact) mass is 451 g/mol. The summed E-state index contributed by atoms with van der Waals surface area (Å²) in [6.45, 7) is 0.984. The standard InChI is InChI=1S/C20H17F4N5O3/c21-15-8-12(1-2-17(15)32-20(22,23)24)27-19(31)11-7-14(16-3-5-26-28-16)18(25-9-11)29-6-4-13(30)10-29/h1-3,5,7-9,13,30H,4,6,10H2,(H,26,28)(H,27,31)/t13-/m1/s1. The number of alkyl halides is 3. The highest BCUT2D eigenvalue weighted by atomic mass is 19.4. The quantitative estimate of drug-likeness (QED) is 0.515. The van der Waals surface area contributed by atoms with Crippen LogP contribution in [0.2, 0.25) is 0 Å². The number of halogens is 4. The van der Waals surface area contributed by atoms with Crippen molar-refractivity contribution in [1.82, 2.24) is 15.2 Å². The molecule has 8 nitrogen and oxygen atoms in total. The second kappa shape index (κ2) is 8.46. The van der Waals surface area contributed by atoms with Crippen LogP contribution in [-0.2, 0) is 0 Å². The summed E-state index contributed by atoms with van der Waals surface area (Å²) in [6, 6.07) is 5.85. The number of aliphatic hydroxyl groups is 1. The fraction of sp³-hybridized carbons (Fsp3) is 0.250. The largest absolute Gasteiger partial charge is 0.573 e. The zero-order valence-electron chi connectivity index (χ0n) is 16.4. The van der Waals surface area contributed by atoms with E-state index >= 15 is 0 Å². The Balaban J connectivity index is 1.58. The van der Waals surface area contributed by atoms with Crippen LogP contribution >= 0.6 is 0 Å². The number of carbonyl (C=O) groups is 1. The van der Waals surface area contributed by atoms with Gasteiger partial charge in [-0.1, -0.05) is 0 Å². The second-order valence-electron chi connectivity index (χ2n) is 7.10. The molecule has 3 aromatic rings. The van der Waals surface area contributed by atoms with E-state index in [1.807, 2.05) is 4.90 Å². The van der Waals surface area contributed by atoms with Gasteiger partial charge in [-0.25, -0.2) is 9.37 Å². The lowest BCUT2D eigenvalue weighted by molar-refractivity contribution is -0.275. The molecule has 0 radical (unpaired) electrons. The third kappa shape index (κ3) is 4.80. The Morgan fingerprint density at radius 1 is 1.28 bits per heavy atom. The van der Waals surface area contributed by atoms with E-state index < -0.39 is 29.9 Å². The molecule has 0 bridgehead atoms. The van der Waals surface area contributed by atoms with Crippen molar-refractivity contribution in [2.75, 3.05) is 23.3 Å². The number of hydrogen-bond donors (Lipinski definition) is 3. The summed E-state index contributed by atoms with van der Waals surface area (Å²) >= 11 is 0. The van der Waals surface area contributed by atoms with E-state index in [-0.39, 0.29) is 11.3 Å². The molecular formula is C20H17F4N5O3. The molecule has 0 spiro atoms. The molecule has 0 saturated carbocycles. The lowest BCUT2D eigenvalue weighted by Crippen LogP contribution is -2.23. The summed E-state index contributed by atoms with van der Waals surface area (Å²) in [4.78, 5) is 18.9. The van der Waals surface area contributed by atoms with E-state index in [9.17, 15) is 27.5 Å². The molecule has 168 valence electrons. The summed E-state index contributed by atoms with van der Waals surface area (Å²) in [5.41, 5.74) is 1.25. The highest BCUT2D eigenvalue weighted by Crippen LogP contribution is 2.31. The zero-order chi connectivity index (χ0) is 22.9. The van der Waals surface area contributed by atoms with Gasteiger partial charge in [0.2, 0.25) is 0 Å². The first-order chi connectivity index (χ1) is 15.2. The van der Waals surface area contributed by atoms with Crippen LogP contribution in [0, 0.1) is 5.82 Å². The number of ether oxygens (including phenoxy) is 1. The maximum absolute atomic E-state index is 13.9. The van der Waals surface area contributed by atoms with Crippen LogP contribution in [0.3, 0.4) is 0 Å². The van der Waals surface area contributed by atoms with Crippen molar-refractivity contribution in [3.8, 4) is 17.0 Å². The van der Waals surface area contributed by atoms with E-state index in [1.165, 1.54) is 12.4 Å². The molecule has 32 heavy (non-hydrogen) atoms. The normalized spacial score (nSPS) is 16.3. The Labute approximate surface area is 178 Å². The molecule has 3 N–H and O–H groups in total. The summed E-state index contributed by atoms with van der Waals surface area (Å²) in [5, 5.41) is 19.0. The Morgan fingerprint density at radius 3 is 2.72 bits per heavy atom. The molecule has 12 heteroatoms. The topological polar surface area (TPSA) is 103 Å². The van der Waals surface area contributed by atoms with Gasteiger partial charge in [-0.3, -0.25) is 9.89 Å². The number of nitrogens with one attached hydrogen (secondary N) is 2. The van der Waals surface area contributed by atoms with Gasteiger partial charge < -0.3 is 20.1 Å². The number of β-amino-alcohol motifs (C(OH)–C–C–N with tert-alkyl or cyclic N) is 1. The average Bonchev–Trinajstić information content (AvgIpc) is 3.40. The number of nitrogens with zero attached hydrogens (tertiary/aromatic N) is 3. The van der Waals surface area contributed by atoms with Gasteiger partial charge in [0.25, 0.3) is 5.91 Å². The highest BCUT2D eigenvalue weighted by molar-refractivity contribution is 6.05. The number of benzene rings is 1. The summed E-state index contributed by atoms with van der Waals surface area (Å²) in [6.07, 6.45) is -2.06. The number of aromatic nitrogens is 3. The number of aromatic amines is 1. The van der Waals surface area contributed by atoms with Crippen LogP contribution < -0.4 is 15.0 Å². The smallest absolute Gasteiger partial charge is 0.403 e. The molecule has 4 rings (SSSR count). The van der Waals surface area contributed by atoms with Crippen molar-refractivity contribution >= 4 is 17.4 Å². The fourth-order valence-corrected chi connectivity index (χ4v) is 3.36. The van der Waals surface area contributed by atoms with E-state index in [4.69, 9.17) is 0 Å². The number of H-pyrrole nitrogens is 1. The maximum atomic E-state index is 13.9. The molecule has 1 saturated heterocycles. The molecule has 1 aliphatic heterocycles. The minimum atomic E-state index is -5.03. The Kier molecular flexibility index (Phi) is 5.70. The van der Waals surface area contributed by atoms with Crippen molar-refractivity contribution in [2.24, 2.45) is 0 Å². The number of hydrogen-bond acceptors (Lipinski definition) is 6.